The van der Waals surface area contributed by atoms with Crippen LogP contribution >= 0.6 is 0 Å². The van der Waals surface area contributed by atoms with Gasteiger partial charge in [-0.3, -0.25) is 0 Å². The summed E-state index contributed by atoms with van der Waals surface area (Å²) in [7, 11) is 12.3. The topological polar surface area (TPSA) is 34.0 Å². The molecule has 0 atom stereocenters. The molecule has 400 valence electrons. The number of pyridine rings is 4. The predicted molar refractivity (Wildman–Crippen MR) is 292 cm³/mol. The van der Waals surface area contributed by atoms with Crippen LogP contribution in [0.5, 0.6) is 11.5 Å². The van der Waals surface area contributed by atoms with Gasteiger partial charge in [-0.1, -0.05) is 138 Å². The average Bonchev–Trinajstić information content (AvgIpc) is 3.40. The molecule has 0 aliphatic carbocycles. The largest absolute Gasteiger partial charge is 1.00 e. The molecule has 4 heterocycles. The Bertz CT molecular complexity index is 2710. The van der Waals surface area contributed by atoms with E-state index in [1.54, 1.807) is 14.2 Å². The van der Waals surface area contributed by atoms with Crippen LogP contribution in [0.15, 0.2) is 133 Å². The molecule has 0 aliphatic heterocycles. The molecule has 0 amide bonds. The van der Waals surface area contributed by atoms with Gasteiger partial charge in [-0.05, 0) is 62.1 Å². The molecule has 0 radical (unpaired) electrons. The van der Waals surface area contributed by atoms with Gasteiger partial charge < -0.3 is 105 Å². The monoisotopic (exact) mass is 1450 g/mol. The van der Waals surface area contributed by atoms with Gasteiger partial charge in [0.2, 0.25) is 22.1 Å². The lowest BCUT2D eigenvalue weighted by molar-refractivity contribution is -0.653. The van der Waals surface area contributed by atoms with E-state index in [0.717, 1.165) is 24.3 Å². The summed E-state index contributed by atoms with van der Waals surface area (Å²) in [6, 6.07) is 47.9. The van der Waals surface area contributed by atoms with E-state index in [4.69, 9.17) is 9.47 Å². The molecule has 0 N–H and O–H groups in total. The van der Waals surface area contributed by atoms with Crippen LogP contribution in [0.25, 0.3) is 43.6 Å². The zero-order chi connectivity index (χ0) is 48.9. The van der Waals surface area contributed by atoms with Crippen LogP contribution in [0, 0.1) is 0 Å². The molecule has 0 bridgehead atoms. The lowest BCUT2D eigenvalue weighted by Crippen LogP contribution is -3.00. The summed E-state index contributed by atoms with van der Waals surface area (Å²) in [5.74, 6) is 1.96. The summed E-state index contributed by atoms with van der Waals surface area (Å²) in [4.78, 5) is 0. The molecule has 0 saturated carbocycles. The minimum absolute atomic E-state index is 0. The van der Waals surface area contributed by atoms with Crippen LogP contribution in [0.4, 0.5) is 0 Å². The number of fused-ring (bicyclic) bond motifs is 4. The highest BCUT2D eigenvalue weighted by atomic mass is 127. The molecule has 74 heavy (non-hydrogen) atoms. The molecule has 0 spiro atoms. The molecule has 0 aliphatic rings. The number of aryl methyl sites for hydroxylation is 8. The van der Waals surface area contributed by atoms with Gasteiger partial charge in [0.1, 0.15) is 39.7 Å². The van der Waals surface area contributed by atoms with Gasteiger partial charge in [0, 0.05) is 85.0 Å². The summed E-state index contributed by atoms with van der Waals surface area (Å²) in [5, 5.41) is 5.02. The van der Waals surface area contributed by atoms with Crippen molar-refractivity contribution in [3.8, 4) is 11.5 Å². The summed E-state index contributed by atoms with van der Waals surface area (Å²) >= 11 is 0. The summed E-state index contributed by atoms with van der Waals surface area (Å²) in [6.07, 6.45) is 28.7. The Morgan fingerprint density at radius 2 is 0.541 bits per heavy atom. The predicted octanol–water partition coefficient (Wildman–Crippen LogP) is 1.91. The third-order valence-electron chi connectivity index (χ3n) is 15.1. The fourth-order valence-corrected chi connectivity index (χ4v) is 10.7. The number of nitrogens with zero attached hydrogens (tertiary/aromatic N) is 4. The number of rotatable bonds is 26. The molecule has 6 nitrogen and oxygen atoms in total. The number of aromatic nitrogens is 4. The van der Waals surface area contributed by atoms with Crippen molar-refractivity contribution < 1.29 is 124 Å². The highest BCUT2D eigenvalue weighted by molar-refractivity contribution is 5.83. The Labute approximate surface area is 513 Å². The molecule has 4 aromatic carbocycles. The molecule has 10 heteroatoms. The molecule has 0 saturated heterocycles. The first-order valence-electron chi connectivity index (χ1n) is 27.0. The number of hydrogen-bond donors (Lipinski definition) is 0. The quantitative estimate of drug-likeness (QED) is 0.0473. The molecule has 8 rings (SSSR count). The third kappa shape index (κ3) is 18.6. The van der Waals surface area contributed by atoms with Crippen LogP contribution in [-0.4, -0.2) is 14.2 Å². The first-order valence-corrected chi connectivity index (χ1v) is 27.0. The summed E-state index contributed by atoms with van der Waals surface area (Å²) in [6.45, 7) is 0. The summed E-state index contributed by atoms with van der Waals surface area (Å²) in [5.41, 5.74) is 10.8. The van der Waals surface area contributed by atoms with Crippen molar-refractivity contribution in [2.75, 3.05) is 14.2 Å². The van der Waals surface area contributed by atoms with Crippen molar-refractivity contribution in [3.63, 3.8) is 0 Å². The highest BCUT2D eigenvalue weighted by Gasteiger charge is 2.18. The van der Waals surface area contributed by atoms with Crippen molar-refractivity contribution >= 4 is 43.6 Å². The van der Waals surface area contributed by atoms with Gasteiger partial charge in [-0.25, -0.2) is 0 Å². The van der Waals surface area contributed by atoms with Gasteiger partial charge in [-0.15, -0.1) is 0 Å². The van der Waals surface area contributed by atoms with Crippen LogP contribution in [-0.2, 0) is 53.9 Å². The number of hydrogen-bond acceptors (Lipinski definition) is 2. The normalized spacial score (nSPS) is 10.8. The second-order valence-electron chi connectivity index (χ2n) is 19.8. The Morgan fingerprint density at radius 1 is 0.284 bits per heavy atom. The van der Waals surface area contributed by atoms with Crippen molar-refractivity contribution in [1.82, 2.24) is 0 Å². The van der Waals surface area contributed by atoms with E-state index in [9.17, 15) is 0 Å². The van der Waals surface area contributed by atoms with E-state index in [1.165, 1.54) is 195 Å². The molecule has 4 aromatic heterocycles. The number of methoxy groups -OCH3 is 2. The lowest BCUT2D eigenvalue weighted by atomic mass is 10.0. The van der Waals surface area contributed by atoms with E-state index in [0.29, 0.717) is 0 Å². The van der Waals surface area contributed by atoms with Gasteiger partial charge >= 0.3 is 0 Å². The third-order valence-corrected chi connectivity index (χ3v) is 15.1. The highest BCUT2D eigenvalue weighted by Crippen LogP contribution is 2.26. The zero-order valence-corrected chi connectivity index (χ0v) is 54.0. The maximum Gasteiger partial charge on any atom is 0.216 e. The van der Waals surface area contributed by atoms with Gasteiger partial charge in [0.25, 0.3) is 0 Å². The fourth-order valence-electron chi connectivity index (χ4n) is 10.7. The number of ether oxygens (including phenoxy) is 2. The first-order chi connectivity index (χ1) is 34.4. The Hall–Kier alpha value is -2.96. The average molecular weight is 1450 g/mol. The van der Waals surface area contributed by atoms with Crippen molar-refractivity contribution in [2.45, 2.75) is 141 Å². The van der Waals surface area contributed by atoms with Crippen molar-refractivity contribution in [3.05, 3.63) is 156 Å². The molecule has 0 fully saturated rings. The SMILES string of the molecule is COc1cc(CCCCCCCCCCc2cc(OC)c3ccccc3[n+]2C)[n+](C)c2ccccc12.C[n+]1c(CCCCCCCCCCCCc2ccc3ccccc3[n+]2C)ccc2ccccc21.[I-].[I-].[I-].[I-]. The van der Waals surface area contributed by atoms with E-state index in [2.05, 4.69) is 180 Å². The van der Waals surface area contributed by atoms with E-state index >= 15 is 0 Å². The first kappa shape index (κ1) is 65.3. The lowest BCUT2D eigenvalue weighted by Gasteiger charge is -2.09. The number of unbranched alkanes of at least 4 members (excludes halogenated alkanes) is 16. The fraction of sp³-hybridized carbons (Fsp3) is 0.438. The Morgan fingerprint density at radius 3 is 0.865 bits per heavy atom. The Balaban J connectivity index is 0.000000371. The van der Waals surface area contributed by atoms with Crippen LogP contribution < -0.4 is 124 Å². The van der Waals surface area contributed by atoms with E-state index in [1.807, 2.05) is 0 Å². The number of benzene rings is 4. The van der Waals surface area contributed by atoms with Crippen LogP contribution in [0.3, 0.4) is 0 Å². The van der Waals surface area contributed by atoms with Gasteiger partial charge in [0.05, 0.1) is 25.0 Å². The summed E-state index contributed by atoms with van der Waals surface area (Å²) < 4.78 is 20.7. The van der Waals surface area contributed by atoms with Gasteiger partial charge in [0.15, 0.2) is 22.8 Å². The smallest absolute Gasteiger partial charge is 0.216 e. The Kier molecular flexibility index (Phi) is 31.3. The standard InChI is InChI=1S/C32H42N2O2.C32H42N2.4HI/c1-33-25(23-31(35-3)27-19-13-15-21-29(27)33)17-11-9-7-5-6-8-10-12-18-26-24-32(36-4)28-20-14-16-22-30(28)34(26)2;1-33-29(25-23-27-17-13-15-21-31(27)33)19-11-9-7-5-3-4-6-8-10-12-20-30-26-24-28-18-14-16-22-32(28)34(30)2;;;;/h13-16,19-24H,5-12,17-18H2,1-4H3;13-18,21-26H,3-12,19-20H2,1-2H3;4*1H/q2*+2;;;;/p-4. The molecular formula is C64H84I4N4O2. The molecular weight excluding hydrogens is 1360 g/mol. The maximum atomic E-state index is 5.66. The van der Waals surface area contributed by atoms with E-state index in [-0.39, 0.29) is 95.9 Å². The molecule has 8 aromatic rings. The van der Waals surface area contributed by atoms with Crippen molar-refractivity contribution in [2.24, 2.45) is 28.2 Å². The second kappa shape index (κ2) is 35.5. The number of para-hydroxylation sites is 4. The van der Waals surface area contributed by atoms with Gasteiger partial charge in [-0.2, -0.15) is 18.3 Å². The van der Waals surface area contributed by atoms with Crippen molar-refractivity contribution in [1.29, 1.82) is 0 Å². The van der Waals surface area contributed by atoms with Crippen LogP contribution in [0.1, 0.15) is 138 Å². The minimum atomic E-state index is 0. The maximum absolute atomic E-state index is 5.66. The minimum Gasteiger partial charge on any atom is -1.00 e. The molecule has 0 unspecified atom stereocenters. The van der Waals surface area contributed by atoms with Crippen LogP contribution in [0.2, 0.25) is 0 Å². The second-order valence-corrected chi connectivity index (χ2v) is 19.8. The van der Waals surface area contributed by atoms with E-state index < -0.39 is 0 Å². The zero-order valence-electron chi connectivity index (χ0n) is 45.4. The number of halogens is 4.